The summed E-state index contributed by atoms with van der Waals surface area (Å²) in [6.07, 6.45) is 5.70. The minimum atomic E-state index is -0.156. The second-order valence-corrected chi connectivity index (χ2v) is 7.36. The molecule has 2 aliphatic rings. The Morgan fingerprint density at radius 2 is 2.00 bits per heavy atom. The van der Waals surface area contributed by atoms with Crippen molar-refractivity contribution in [3.63, 3.8) is 0 Å². The van der Waals surface area contributed by atoms with Crippen molar-refractivity contribution in [1.82, 2.24) is 19.8 Å². The molecule has 4 rings (SSSR count). The molecule has 0 spiro atoms. The monoisotopic (exact) mass is 342 g/mol. The Labute approximate surface area is 149 Å². The van der Waals surface area contributed by atoms with Gasteiger partial charge in [-0.2, -0.15) is 0 Å². The van der Waals surface area contributed by atoms with E-state index in [1.807, 2.05) is 12.1 Å². The predicted octanol–water partition coefficient (Wildman–Crippen LogP) is 3.17. The number of rotatable bonds is 5. The zero-order chi connectivity index (χ0) is 17.2. The lowest BCUT2D eigenvalue weighted by atomic mass is 9.97. The van der Waals surface area contributed by atoms with Gasteiger partial charge in [-0.25, -0.2) is 9.37 Å². The first kappa shape index (κ1) is 16.7. The van der Waals surface area contributed by atoms with Gasteiger partial charge in [-0.15, -0.1) is 0 Å². The Morgan fingerprint density at radius 1 is 1.20 bits per heavy atom. The van der Waals surface area contributed by atoms with Gasteiger partial charge in [0.15, 0.2) is 0 Å². The fourth-order valence-electron chi connectivity index (χ4n) is 3.76. The summed E-state index contributed by atoms with van der Waals surface area (Å²) >= 11 is 0. The molecular formula is C20H27FN4. The van der Waals surface area contributed by atoms with E-state index in [9.17, 15) is 4.39 Å². The highest BCUT2D eigenvalue weighted by molar-refractivity contribution is 5.59. The van der Waals surface area contributed by atoms with Gasteiger partial charge in [-0.05, 0) is 64.0 Å². The number of aryl methyl sites for hydroxylation is 1. The molecule has 2 fully saturated rings. The van der Waals surface area contributed by atoms with E-state index in [0.717, 1.165) is 50.3 Å². The van der Waals surface area contributed by atoms with Crippen LogP contribution in [0.4, 0.5) is 4.39 Å². The van der Waals surface area contributed by atoms with E-state index in [1.165, 1.54) is 25.3 Å². The Morgan fingerprint density at radius 3 is 2.68 bits per heavy atom. The third-order valence-electron chi connectivity index (χ3n) is 5.59. The number of halogens is 1. The lowest BCUT2D eigenvalue weighted by Crippen LogP contribution is -2.39. The molecule has 2 aliphatic heterocycles. The molecule has 134 valence electrons. The van der Waals surface area contributed by atoms with Crippen LogP contribution in [0.15, 0.2) is 24.4 Å². The standard InChI is InChI=1S/C20H27FN4/c1-15-3-4-17(13-18(15)21)19-14-25(12-11-24-9-2-10-24)20(23-19)16-5-7-22-8-6-16/h3-4,13-14,16,22H,2,5-12H2,1H3. The maximum atomic E-state index is 14.0. The van der Waals surface area contributed by atoms with Gasteiger partial charge in [0.1, 0.15) is 11.6 Å². The molecule has 2 saturated heterocycles. The van der Waals surface area contributed by atoms with Crippen molar-refractivity contribution < 1.29 is 4.39 Å². The quantitative estimate of drug-likeness (QED) is 0.906. The lowest BCUT2D eigenvalue weighted by Gasteiger charge is -2.31. The molecule has 4 nitrogen and oxygen atoms in total. The van der Waals surface area contributed by atoms with E-state index in [4.69, 9.17) is 4.98 Å². The summed E-state index contributed by atoms with van der Waals surface area (Å²) in [6, 6.07) is 5.43. The molecule has 1 aromatic heterocycles. The smallest absolute Gasteiger partial charge is 0.126 e. The van der Waals surface area contributed by atoms with E-state index in [2.05, 4.69) is 21.0 Å². The van der Waals surface area contributed by atoms with Crippen LogP contribution in [0.1, 0.15) is 36.6 Å². The summed E-state index contributed by atoms with van der Waals surface area (Å²) in [6.45, 7) is 8.39. The molecule has 1 N–H and O–H groups in total. The van der Waals surface area contributed by atoms with Gasteiger partial charge in [0.2, 0.25) is 0 Å². The Kier molecular flexibility index (Phi) is 4.86. The highest BCUT2D eigenvalue weighted by atomic mass is 19.1. The van der Waals surface area contributed by atoms with Crippen molar-refractivity contribution in [2.75, 3.05) is 32.7 Å². The summed E-state index contributed by atoms with van der Waals surface area (Å²) in [5.41, 5.74) is 2.46. The second-order valence-electron chi connectivity index (χ2n) is 7.36. The summed E-state index contributed by atoms with van der Waals surface area (Å²) in [5.74, 6) is 1.52. The average molecular weight is 342 g/mol. The number of nitrogens with one attached hydrogen (secondary N) is 1. The first-order chi connectivity index (χ1) is 12.2. The third kappa shape index (κ3) is 3.62. The van der Waals surface area contributed by atoms with Gasteiger partial charge in [0, 0.05) is 30.8 Å². The van der Waals surface area contributed by atoms with Crippen LogP contribution >= 0.6 is 0 Å². The van der Waals surface area contributed by atoms with Crippen LogP contribution in [0.25, 0.3) is 11.3 Å². The largest absolute Gasteiger partial charge is 0.333 e. The molecule has 0 saturated carbocycles. The molecule has 5 heteroatoms. The van der Waals surface area contributed by atoms with Crippen LogP contribution in [0, 0.1) is 12.7 Å². The normalized spacial score (nSPS) is 19.1. The fourth-order valence-corrected chi connectivity index (χ4v) is 3.76. The van der Waals surface area contributed by atoms with E-state index >= 15 is 0 Å². The average Bonchev–Trinajstić information content (AvgIpc) is 3.01. The molecule has 0 unspecified atom stereocenters. The predicted molar refractivity (Wildman–Crippen MR) is 98.3 cm³/mol. The number of benzene rings is 1. The van der Waals surface area contributed by atoms with Crippen molar-refractivity contribution >= 4 is 0 Å². The van der Waals surface area contributed by atoms with Crippen LogP contribution < -0.4 is 5.32 Å². The highest BCUT2D eigenvalue weighted by Gasteiger charge is 2.23. The molecule has 1 aromatic carbocycles. The summed E-state index contributed by atoms with van der Waals surface area (Å²) in [4.78, 5) is 7.43. The first-order valence-corrected chi connectivity index (χ1v) is 9.47. The van der Waals surface area contributed by atoms with Gasteiger partial charge >= 0.3 is 0 Å². The van der Waals surface area contributed by atoms with Crippen molar-refractivity contribution in [2.45, 2.75) is 38.6 Å². The number of hydrogen-bond donors (Lipinski definition) is 1. The van der Waals surface area contributed by atoms with E-state index in [0.29, 0.717) is 11.5 Å². The van der Waals surface area contributed by atoms with Crippen LogP contribution in [0.3, 0.4) is 0 Å². The van der Waals surface area contributed by atoms with Gasteiger partial charge < -0.3 is 14.8 Å². The maximum Gasteiger partial charge on any atom is 0.126 e. The van der Waals surface area contributed by atoms with Gasteiger partial charge in [0.25, 0.3) is 0 Å². The fraction of sp³-hybridized carbons (Fsp3) is 0.550. The highest BCUT2D eigenvalue weighted by Crippen LogP contribution is 2.29. The molecular weight excluding hydrogens is 315 g/mol. The van der Waals surface area contributed by atoms with Crippen LogP contribution in [0.2, 0.25) is 0 Å². The number of piperidine rings is 1. The van der Waals surface area contributed by atoms with E-state index in [1.54, 1.807) is 13.0 Å². The minimum absolute atomic E-state index is 0.156. The lowest BCUT2D eigenvalue weighted by molar-refractivity contribution is 0.173. The number of aromatic nitrogens is 2. The van der Waals surface area contributed by atoms with E-state index < -0.39 is 0 Å². The Bertz CT molecular complexity index is 729. The second kappa shape index (κ2) is 7.26. The van der Waals surface area contributed by atoms with Gasteiger partial charge in [-0.3, -0.25) is 0 Å². The zero-order valence-electron chi connectivity index (χ0n) is 15.0. The molecule has 0 amide bonds. The van der Waals surface area contributed by atoms with Crippen molar-refractivity contribution in [3.05, 3.63) is 41.6 Å². The minimum Gasteiger partial charge on any atom is -0.333 e. The Balaban J connectivity index is 1.62. The summed E-state index contributed by atoms with van der Waals surface area (Å²) in [7, 11) is 0. The van der Waals surface area contributed by atoms with Crippen LogP contribution in [-0.2, 0) is 6.54 Å². The Hall–Kier alpha value is -1.72. The van der Waals surface area contributed by atoms with Gasteiger partial charge in [0.05, 0.1) is 5.69 Å². The third-order valence-corrected chi connectivity index (χ3v) is 5.59. The molecule has 2 aromatic rings. The van der Waals surface area contributed by atoms with Crippen LogP contribution in [0.5, 0.6) is 0 Å². The van der Waals surface area contributed by atoms with Crippen molar-refractivity contribution in [3.8, 4) is 11.3 Å². The number of imidazole rings is 1. The van der Waals surface area contributed by atoms with Crippen LogP contribution in [-0.4, -0.2) is 47.2 Å². The number of hydrogen-bond acceptors (Lipinski definition) is 3. The molecule has 25 heavy (non-hydrogen) atoms. The van der Waals surface area contributed by atoms with E-state index in [-0.39, 0.29) is 5.82 Å². The first-order valence-electron chi connectivity index (χ1n) is 9.47. The number of nitrogens with zero attached hydrogens (tertiary/aromatic N) is 3. The molecule has 0 aliphatic carbocycles. The zero-order valence-corrected chi connectivity index (χ0v) is 15.0. The molecule has 0 radical (unpaired) electrons. The van der Waals surface area contributed by atoms with Crippen molar-refractivity contribution in [1.29, 1.82) is 0 Å². The van der Waals surface area contributed by atoms with Crippen molar-refractivity contribution in [2.24, 2.45) is 0 Å². The summed E-state index contributed by atoms with van der Waals surface area (Å²) < 4.78 is 16.3. The number of likely N-dealkylation sites (tertiary alicyclic amines) is 1. The SMILES string of the molecule is Cc1ccc(-c2cn(CCN3CCC3)c(C3CCNCC3)n2)cc1F. The summed E-state index contributed by atoms with van der Waals surface area (Å²) in [5, 5.41) is 3.43. The molecule has 0 bridgehead atoms. The topological polar surface area (TPSA) is 33.1 Å². The molecule has 0 atom stereocenters. The molecule has 3 heterocycles. The van der Waals surface area contributed by atoms with Gasteiger partial charge in [-0.1, -0.05) is 12.1 Å². The maximum absolute atomic E-state index is 14.0.